The zero-order chi connectivity index (χ0) is 13.9. The molecule has 0 bridgehead atoms. The topological polar surface area (TPSA) is 47.0 Å². The Morgan fingerprint density at radius 3 is 2.33 bits per heavy atom. The van der Waals surface area contributed by atoms with Gasteiger partial charge < -0.3 is 0 Å². The van der Waals surface area contributed by atoms with E-state index < -0.39 is 9.84 Å². The molecule has 0 saturated carbocycles. The van der Waals surface area contributed by atoms with E-state index in [0.29, 0.717) is 0 Å². The number of halogens is 1. The fourth-order valence-corrected chi connectivity index (χ4v) is 3.90. The monoisotopic (exact) mass is 289 g/mol. The zero-order valence-corrected chi connectivity index (χ0v) is 13.0. The Labute approximate surface area is 114 Å². The maximum Gasteiger partial charge on any atom is 0.178 e. The Bertz CT molecular complexity index is 538. The van der Waals surface area contributed by atoms with E-state index in [4.69, 9.17) is 11.6 Å². The van der Waals surface area contributed by atoms with Crippen LogP contribution in [0.3, 0.4) is 0 Å². The number of aromatic nitrogens is 1. The van der Waals surface area contributed by atoms with Crippen molar-refractivity contribution in [2.24, 2.45) is 0 Å². The number of hydrogen-bond acceptors (Lipinski definition) is 3. The molecular formula is C13H20ClNO2S. The minimum atomic E-state index is -3.33. The van der Waals surface area contributed by atoms with Crippen molar-refractivity contribution in [3.8, 4) is 0 Å². The zero-order valence-electron chi connectivity index (χ0n) is 11.4. The second-order valence-electron chi connectivity index (χ2n) is 4.65. The standard InChI is InChI=1S/C13H20ClNO2S/c1-5-6-7-8-11-9(2)12(18(4,16)17)13(14)15-10(11)3/h5-8H2,1-4H3. The molecule has 3 nitrogen and oxygen atoms in total. The SMILES string of the molecule is CCCCCc1c(C)nc(Cl)c(S(C)(=O)=O)c1C. The van der Waals surface area contributed by atoms with Gasteiger partial charge in [-0.05, 0) is 37.8 Å². The third kappa shape index (κ3) is 3.45. The van der Waals surface area contributed by atoms with Gasteiger partial charge in [-0.1, -0.05) is 31.4 Å². The molecule has 1 aromatic rings. The molecule has 1 aromatic heterocycles. The summed E-state index contributed by atoms with van der Waals surface area (Å²) in [6, 6.07) is 0. The molecule has 0 spiro atoms. The van der Waals surface area contributed by atoms with Gasteiger partial charge in [-0.15, -0.1) is 0 Å². The van der Waals surface area contributed by atoms with Gasteiger partial charge in [-0.3, -0.25) is 0 Å². The lowest BCUT2D eigenvalue weighted by molar-refractivity contribution is 0.600. The molecular weight excluding hydrogens is 270 g/mol. The highest BCUT2D eigenvalue weighted by atomic mass is 35.5. The minimum absolute atomic E-state index is 0.0896. The maximum atomic E-state index is 11.7. The highest BCUT2D eigenvalue weighted by molar-refractivity contribution is 7.90. The summed E-state index contributed by atoms with van der Waals surface area (Å²) in [6.45, 7) is 5.84. The molecule has 0 aliphatic rings. The first-order valence-corrected chi connectivity index (χ1v) is 8.41. The number of rotatable bonds is 5. The molecule has 1 heterocycles. The van der Waals surface area contributed by atoms with Crippen molar-refractivity contribution >= 4 is 21.4 Å². The molecule has 0 unspecified atom stereocenters. The van der Waals surface area contributed by atoms with Crippen LogP contribution in [0.5, 0.6) is 0 Å². The fraction of sp³-hybridized carbons (Fsp3) is 0.615. The third-order valence-electron chi connectivity index (χ3n) is 3.08. The lowest BCUT2D eigenvalue weighted by Crippen LogP contribution is -2.08. The smallest absolute Gasteiger partial charge is 0.178 e. The summed E-state index contributed by atoms with van der Waals surface area (Å²) in [7, 11) is -3.33. The van der Waals surface area contributed by atoms with E-state index in [0.717, 1.165) is 42.5 Å². The molecule has 0 amide bonds. The lowest BCUT2D eigenvalue weighted by atomic mass is 10.0. The Morgan fingerprint density at radius 1 is 1.22 bits per heavy atom. The van der Waals surface area contributed by atoms with Gasteiger partial charge >= 0.3 is 0 Å². The summed E-state index contributed by atoms with van der Waals surface area (Å²) in [6.07, 6.45) is 5.35. The van der Waals surface area contributed by atoms with Gasteiger partial charge in [-0.25, -0.2) is 13.4 Å². The first-order valence-electron chi connectivity index (χ1n) is 6.14. The Balaban J connectivity index is 3.28. The van der Waals surface area contributed by atoms with E-state index in [1.165, 1.54) is 6.26 Å². The van der Waals surface area contributed by atoms with Gasteiger partial charge in [0, 0.05) is 11.9 Å². The number of aryl methyl sites for hydroxylation is 1. The second-order valence-corrected chi connectivity index (χ2v) is 6.96. The van der Waals surface area contributed by atoms with Crippen LogP contribution < -0.4 is 0 Å². The number of hydrogen-bond donors (Lipinski definition) is 0. The van der Waals surface area contributed by atoms with Crippen LogP contribution in [0.25, 0.3) is 0 Å². The Hall–Kier alpha value is -0.610. The van der Waals surface area contributed by atoms with Gasteiger partial charge in [-0.2, -0.15) is 0 Å². The van der Waals surface area contributed by atoms with Crippen molar-refractivity contribution in [1.29, 1.82) is 0 Å². The van der Waals surface area contributed by atoms with Crippen molar-refractivity contribution in [1.82, 2.24) is 4.98 Å². The van der Waals surface area contributed by atoms with Crippen LogP contribution in [0.1, 0.15) is 43.0 Å². The number of pyridine rings is 1. The quantitative estimate of drug-likeness (QED) is 0.616. The first-order chi connectivity index (χ1) is 8.29. The molecule has 0 aliphatic carbocycles. The van der Waals surface area contributed by atoms with Gasteiger partial charge in [0.25, 0.3) is 0 Å². The molecule has 18 heavy (non-hydrogen) atoms. The van der Waals surface area contributed by atoms with Gasteiger partial charge in [0.05, 0.1) is 0 Å². The summed E-state index contributed by atoms with van der Waals surface area (Å²) in [5.74, 6) is 0. The van der Waals surface area contributed by atoms with Crippen molar-refractivity contribution in [2.45, 2.75) is 51.3 Å². The average molecular weight is 290 g/mol. The van der Waals surface area contributed by atoms with Crippen molar-refractivity contribution in [2.75, 3.05) is 6.26 Å². The molecule has 0 saturated heterocycles. The average Bonchev–Trinajstić information content (AvgIpc) is 2.20. The summed E-state index contributed by atoms with van der Waals surface area (Å²) < 4.78 is 23.5. The highest BCUT2D eigenvalue weighted by Crippen LogP contribution is 2.28. The molecule has 0 aromatic carbocycles. The molecule has 0 atom stereocenters. The second kappa shape index (κ2) is 6.02. The van der Waals surface area contributed by atoms with E-state index in [1.54, 1.807) is 0 Å². The summed E-state index contributed by atoms with van der Waals surface area (Å²) in [5, 5.41) is 0.0896. The molecule has 0 fully saturated rings. The van der Waals surface area contributed by atoms with E-state index in [9.17, 15) is 8.42 Å². The normalized spacial score (nSPS) is 11.8. The number of nitrogens with zero attached hydrogens (tertiary/aromatic N) is 1. The largest absolute Gasteiger partial charge is 0.240 e. The lowest BCUT2D eigenvalue weighted by Gasteiger charge is -2.14. The van der Waals surface area contributed by atoms with Crippen LogP contribution in [0.2, 0.25) is 5.15 Å². The van der Waals surface area contributed by atoms with E-state index in [1.807, 2.05) is 13.8 Å². The van der Waals surface area contributed by atoms with Gasteiger partial charge in [0.2, 0.25) is 0 Å². The van der Waals surface area contributed by atoms with E-state index in [-0.39, 0.29) is 10.0 Å². The Morgan fingerprint density at radius 2 is 1.83 bits per heavy atom. The van der Waals surface area contributed by atoms with Crippen molar-refractivity contribution < 1.29 is 8.42 Å². The predicted octanol–water partition coefficient (Wildman–Crippen LogP) is 3.49. The van der Waals surface area contributed by atoms with Crippen LogP contribution in [-0.4, -0.2) is 19.7 Å². The Kier molecular flexibility index (Phi) is 5.17. The van der Waals surface area contributed by atoms with Gasteiger partial charge in [0.15, 0.2) is 9.84 Å². The molecule has 5 heteroatoms. The van der Waals surface area contributed by atoms with Gasteiger partial charge in [0.1, 0.15) is 10.0 Å². The molecule has 0 radical (unpaired) electrons. The first kappa shape index (κ1) is 15.4. The molecule has 0 aliphatic heterocycles. The highest BCUT2D eigenvalue weighted by Gasteiger charge is 2.20. The number of unbranched alkanes of at least 4 members (excludes halogenated alkanes) is 2. The van der Waals surface area contributed by atoms with Crippen LogP contribution in [0.4, 0.5) is 0 Å². The van der Waals surface area contributed by atoms with Crippen molar-refractivity contribution in [3.63, 3.8) is 0 Å². The minimum Gasteiger partial charge on any atom is -0.240 e. The summed E-state index contributed by atoms with van der Waals surface area (Å²) in [5.41, 5.74) is 2.61. The van der Waals surface area contributed by atoms with Crippen LogP contribution in [0, 0.1) is 13.8 Å². The summed E-state index contributed by atoms with van der Waals surface area (Å²) in [4.78, 5) is 4.35. The van der Waals surface area contributed by atoms with Crippen LogP contribution in [0.15, 0.2) is 4.90 Å². The summed E-state index contributed by atoms with van der Waals surface area (Å²) >= 11 is 5.96. The maximum absolute atomic E-state index is 11.7. The predicted molar refractivity (Wildman–Crippen MR) is 75.1 cm³/mol. The molecule has 0 N–H and O–H groups in total. The third-order valence-corrected chi connectivity index (χ3v) is 4.71. The molecule has 102 valence electrons. The van der Waals surface area contributed by atoms with E-state index in [2.05, 4.69) is 11.9 Å². The van der Waals surface area contributed by atoms with Crippen LogP contribution >= 0.6 is 11.6 Å². The number of sulfone groups is 1. The van der Waals surface area contributed by atoms with E-state index >= 15 is 0 Å². The fourth-order valence-electron chi connectivity index (χ4n) is 2.18. The van der Waals surface area contributed by atoms with Crippen LogP contribution in [-0.2, 0) is 16.3 Å². The molecule has 1 rings (SSSR count). The van der Waals surface area contributed by atoms with Crippen molar-refractivity contribution in [3.05, 3.63) is 22.0 Å².